The van der Waals surface area contributed by atoms with Gasteiger partial charge < -0.3 is 10.2 Å². The molecule has 1 saturated heterocycles. The lowest BCUT2D eigenvalue weighted by atomic mass is 10.1. The van der Waals surface area contributed by atoms with E-state index in [1.165, 1.54) is 0 Å². The molecule has 1 aliphatic heterocycles. The molecule has 2 heterocycles. The van der Waals surface area contributed by atoms with Crippen LogP contribution in [0.2, 0.25) is 10.3 Å². The molecule has 1 aliphatic rings. The first-order valence-electron chi connectivity index (χ1n) is 5.25. The number of carbonyl (C=O) groups is 1. The van der Waals surface area contributed by atoms with E-state index < -0.39 is 0 Å². The second-order valence-corrected chi connectivity index (χ2v) is 4.77. The van der Waals surface area contributed by atoms with Crippen molar-refractivity contribution in [3.8, 4) is 0 Å². The number of hydrogen-bond donors (Lipinski definition) is 1. The van der Waals surface area contributed by atoms with Gasteiger partial charge in [0.1, 0.15) is 0 Å². The van der Waals surface area contributed by atoms with E-state index in [2.05, 4.69) is 15.5 Å². The molecule has 7 heteroatoms. The van der Waals surface area contributed by atoms with Crippen LogP contribution in [0.4, 0.5) is 5.69 Å². The van der Waals surface area contributed by atoms with Gasteiger partial charge in [0.05, 0.1) is 5.69 Å². The fraction of sp³-hybridized carbons (Fsp3) is 0.500. The van der Waals surface area contributed by atoms with Gasteiger partial charge in [-0.1, -0.05) is 23.2 Å². The fourth-order valence-electron chi connectivity index (χ4n) is 1.80. The van der Waals surface area contributed by atoms with E-state index >= 15 is 0 Å². The third kappa shape index (κ3) is 2.98. The Morgan fingerprint density at radius 2 is 2.24 bits per heavy atom. The van der Waals surface area contributed by atoms with E-state index in [1.807, 2.05) is 0 Å². The van der Waals surface area contributed by atoms with Gasteiger partial charge in [0.15, 0.2) is 10.3 Å². The second-order valence-electron chi connectivity index (χ2n) is 4.03. The Balaban J connectivity index is 2.06. The van der Waals surface area contributed by atoms with Crippen molar-refractivity contribution in [3.05, 3.63) is 16.4 Å². The minimum Gasteiger partial charge on any atom is -0.378 e. The van der Waals surface area contributed by atoms with Crippen molar-refractivity contribution in [1.82, 2.24) is 15.1 Å². The van der Waals surface area contributed by atoms with Crippen LogP contribution in [0.15, 0.2) is 6.07 Å². The van der Waals surface area contributed by atoms with Gasteiger partial charge in [-0.05, 0) is 6.42 Å². The monoisotopic (exact) mass is 274 g/mol. The van der Waals surface area contributed by atoms with E-state index in [0.717, 1.165) is 6.42 Å². The fourth-order valence-corrected chi connectivity index (χ4v) is 2.10. The Labute approximate surface area is 109 Å². The van der Waals surface area contributed by atoms with Gasteiger partial charge in [-0.25, -0.2) is 0 Å². The molecule has 2 rings (SSSR count). The molecule has 17 heavy (non-hydrogen) atoms. The lowest BCUT2D eigenvalue weighted by Crippen LogP contribution is -2.43. The van der Waals surface area contributed by atoms with Gasteiger partial charge in [-0.3, -0.25) is 4.79 Å². The van der Waals surface area contributed by atoms with Crippen molar-refractivity contribution < 1.29 is 4.79 Å². The van der Waals surface area contributed by atoms with Crippen LogP contribution < -0.4 is 5.32 Å². The van der Waals surface area contributed by atoms with Crippen LogP contribution in [0.5, 0.6) is 0 Å². The van der Waals surface area contributed by atoms with E-state index in [9.17, 15) is 4.79 Å². The first-order valence-corrected chi connectivity index (χ1v) is 6.01. The van der Waals surface area contributed by atoms with Crippen LogP contribution in [0, 0.1) is 0 Å². The normalized spacial score (nSPS) is 20.5. The number of likely N-dealkylation sites (N-methyl/N-ethyl adjacent to an activating group) is 1. The van der Waals surface area contributed by atoms with Crippen LogP contribution >= 0.6 is 23.2 Å². The number of carbonyl (C=O) groups excluding carboxylic acids is 1. The summed E-state index contributed by atoms with van der Waals surface area (Å²) in [5, 5.41) is 11.2. The number of nitrogens with zero attached hydrogens (tertiary/aromatic N) is 3. The Bertz CT molecular complexity index is 440. The topological polar surface area (TPSA) is 58.1 Å². The summed E-state index contributed by atoms with van der Waals surface area (Å²) < 4.78 is 0. The molecule has 5 nitrogen and oxygen atoms in total. The number of hydrogen-bond acceptors (Lipinski definition) is 4. The molecule has 0 radical (unpaired) electrons. The predicted molar refractivity (Wildman–Crippen MR) is 66.3 cm³/mol. The molecule has 1 N–H and O–H groups in total. The lowest BCUT2D eigenvalue weighted by molar-refractivity contribution is -0.132. The molecule has 0 bridgehead atoms. The number of aromatic nitrogens is 2. The molecule has 1 amide bonds. The van der Waals surface area contributed by atoms with Gasteiger partial charge in [0.25, 0.3) is 0 Å². The molecule has 1 aromatic rings. The quantitative estimate of drug-likeness (QED) is 0.894. The van der Waals surface area contributed by atoms with Crippen LogP contribution in [0.1, 0.15) is 12.8 Å². The highest BCUT2D eigenvalue weighted by molar-refractivity contribution is 6.33. The Hall–Kier alpha value is -1.07. The number of rotatable bonds is 2. The van der Waals surface area contributed by atoms with Crippen LogP contribution in [-0.2, 0) is 4.79 Å². The number of halogens is 2. The smallest absolute Gasteiger partial charge is 0.222 e. The highest BCUT2D eigenvalue weighted by Crippen LogP contribution is 2.23. The Morgan fingerprint density at radius 3 is 2.94 bits per heavy atom. The zero-order valence-electron chi connectivity index (χ0n) is 9.28. The molecule has 0 aliphatic carbocycles. The average molecular weight is 275 g/mol. The minimum atomic E-state index is 0.162. The number of likely N-dealkylation sites (tertiary alicyclic amines) is 1. The SMILES string of the molecule is CN1CC(Nc2cc(Cl)nnc2Cl)CCC1=O. The van der Waals surface area contributed by atoms with Crippen molar-refractivity contribution in [2.75, 3.05) is 18.9 Å². The highest BCUT2D eigenvalue weighted by Gasteiger charge is 2.23. The zero-order valence-corrected chi connectivity index (χ0v) is 10.8. The predicted octanol–water partition coefficient (Wildman–Crippen LogP) is 1.82. The largest absolute Gasteiger partial charge is 0.378 e. The van der Waals surface area contributed by atoms with Crippen LogP contribution in [0.3, 0.4) is 0 Å². The van der Waals surface area contributed by atoms with Crippen molar-refractivity contribution in [3.63, 3.8) is 0 Å². The van der Waals surface area contributed by atoms with Gasteiger partial charge in [0.2, 0.25) is 5.91 Å². The van der Waals surface area contributed by atoms with Gasteiger partial charge in [-0.15, -0.1) is 10.2 Å². The Kier molecular flexibility index (Phi) is 3.69. The lowest BCUT2D eigenvalue weighted by Gasteiger charge is -2.30. The third-order valence-electron chi connectivity index (χ3n) is 2.71. The molecule has 0 aromatic carbocycles. The van der Waals surface area contributed by atoms with Crippen molar-refractivity contribution >= 4 is 34.8 Å². The molecular formula is C10H12Cl2N4O. The maximum Gasteiger partial charge on any atom is 0.222 e. The highest BCUT2D eigenvalue weighted by atomic mass is 35.5. The maximum absolute atomic E-state index is 11.3. The Morgan fingerprint density at radius 1 is 1.47 bits per heavy atom. The summed E-state index contributed by atoms with van der Waals surface area (Å²) in [5.41, 5.74) is 0.652. The van der Waals surface area contributed by atoms with Crippen LogP contribution in [0.25, 0.3) is 0 Å². The molecule has 92 valence electrons. The summed E-state index contributed by atoms with van der Waals surface area (Å²) in [6.07, 6.45) is 1.32. The number of anilines is 1. The van der Waals surface area contributed by atoms with E-state index in [1.54, 1.807) is 18.0 Å². The van der Waals surface area contributed by atoms with Crippen molar-refractivity contribution in [2.45, 2.75) is 18.9 Å². The molecule has 1 unspecified atom stereocenters. The first kappa shape index (κ1) is 12.4. The maximum atomic E-state index is 11.3. The number of nitrogens with one attached hydrogen (secondary N) is 1. The summed E-state index contributed by atoms with van der Waals surface area (Å²) in [5.74, 6) is 0.167. The number of amides is 1. The van der Waals surface area contributed by atoms with Crippen molar-refractivity contribution in [2.24, 2.45) is 0 Å². The summed E-state index contributed by atoms with van der Waals surface area (Å²) >= 11 is 11.7. The van der Waals surface area contributed by atoms with Gasteiger partial charge in [-0.2, -0.15) is 0 Å². The second kappa shape index (κ2) is 5.06. The number of piperidine rings is 1. The minimum absolute atomic E-state index is 0.162. The van der Waals surface area contributed by atoms with Crippen molar-refractivity contribution in [1.29, 1.82) is 0 Å². The van der Waals surface area contributed by atoms with Gasteiger partial charge in [0, 0.05) is 32.1 Å². The van der Waals surface area contributed by atoms with Gasteiger partial charge >= 0.3 is 0 Å². The van der Waals surface area contributed by atoms with E-state index in [4.69, 9.17) is 23.2 Å². The molecule has 0 spiro atoms. The van der Waals surface area contributed by atoms with E-state index in [0.29, 0.717) is 18.7 Å². The summed E-state index contributed by atoms with van der Waals surface area (Å²) in [4.78, 5) is 13.0. The molecular weight excluding hydrogens is 263 g/mol. The molecule has 1 atom stereocenters. The molecule has 0 saturated carbocycles. The summed E-state index contributed by atoms with van der Waals surface area (Å²) in [6, 6.07) is 1.79. The zero-order chi connectivity index (χ0) is 12.4. The summed E-state index contributed by atoms with van der Waals surface area (Å²) in [6.45, 7) is 0.648. The third-order valence-corrected chi connectivity index (χ3v) is 3.17. The van der Waals surface area contributed by atoms with Crippen LogP contribution in [-0.4, -0.2) is 40.6 Å². The first-order chi connectivity index (χ1) is 8.06. The molecule has 1 aromatic heterocycles. The standard InChI is InChI=1S/C10H12Cl2N4O/c1-16-5-6(2-3-9(16)17)13-7-4-8(11)14-15-10(7)12/h4,6H,2-3,5H2,1H3,(H,13,14). The van der Waals surface area contributed by atoms with E-state index in [-0.39, 0.29) is 22.3 Å². The molecule has 1 fully saturated rings. The summed E-state index contributed by atoms with van der Waals surface area (Å²) in [7, 11) is 1.79. The average Bonchev–Trinajstić information content (AvgIpc) is 2.29.